The minimum absolute atomic E-state index is 0.915. The van der Waals surface area contributed by atoms with Crippen LogP contribution in [0.5, 0.6) is 0 Å². The first kappa shape index (κ1) is 11.3. The predicted octanol–water partition coefficient (Wildman–Crippen LogP) is 2.83. The Bertz CT molecular complexity index is 316. The average Bonchev–Trinajstić information content (AvgIpc) is 2.34. The number of aromatic nitrogens is 2. The molecule has 2 aromatic rings. The monoisotopic (exact) mass is 378 g/mol. The Morgan fingerprint density at radius 2 is 1.21 bits per heavy atom. The van der Waals surface area contributed by atoms with E-state index < -0.39 is 0 Å². The summed E-state index contributed by atoms with van der Waals surface area (Å²) in [7, 11) is 4.69. The number of hydrogen-bond donors (Lipinski definition) is 0. The van der Waals surface area contributed by atoms with Crippen molar-refractivity contribution in [3.05, 3.63) is 48.8 Å². The van der Waals surface area contributed by atoms with Crippen LogP contribution in [0.4, 0.5) is 0 Å². The molecule has 0 aliphatic heterocycles. The van der Waals surface area contributed by atoms with Crippen molar-refractivity contribution in [2.75, 3.05) is 0 Å². The number of pyridine rings is 2. The molecule has 0 unspecified atom stereocenters. The van der Waals surface area contributed by atoms with Crippen molar-refractivity contribution in [3.63, 3.8) is 0 Å². The van der Waals surface area contributed by atoms with E-state index in [1.165, 1.54) is 18.2 Å². The van der Waals surface area contributed by atoms with Gasteiger partial charge in [-0.2, -0.15) is 0 Å². The van der Waals surface area contributed by atoms with Gasteiger partial charge in [-0.25, -0.2) is 0 Å². The van der Waals surface area contributed by atoms with Gasteiger partial charge in [0.1, 0.15) is 0 Å². The van der Waals surface area contributed by atoms with Crippen molar-refractivity contribution in [2.45, 2.75) is 0 Å². The summed E-state index contributed by atoms with van der Waals surface area (Å²) < 4.78 is 0. The van der Waals surface area contributed by atoms with Crippen LogP contribution in [0.1, 0.15) is 0 Å². The fraction of sp³-hybridized carbons (Fsp3) is 0. The standard InChI is InChI=1S/C10H8N2.ClH.Re/c1-3-7-11-9(5-1)10-6-2-4-8-12-10;;/h1-8H;1H;/q;;+1/p-1. The first-order valence-electron chi connectivity index (χ1n) is 3.93. The molecular weight excluding hydrogens is 370 g/mol. The molecule has 2 heterocycles. The molecule has 0 aliphatic rings. The van der Waals surface area contributed by atoms with Crippen LogP contribution in [0.2, 0.25) is 0 Å². The van der Waals surface area contributed by atoms with Crippen LogP contribution in [0.15, 0.2) is 48.8 Å². The first-order valence-corrected chi connectivity index (χ1v) is 7.30. The second kappa shape index (κ2) is 6.67. The largest absolute Gasteiger partial charge is 0.255 e. The maximum Gasteiger partial charge on any atom is 0.0886 e. The third-order valence-electron chi connectivity index (χ3n) is 1.59. The Hall–Kier alpha value is -0.748. The second-order valence-corrected chi connectivity index (χ2v) is 2.43. The van der Waals surface area contributed by atoms with E-state index in [-0.39, 0.29) is 0 Å². The van der Waals surface area contributed by atoms with Gasteiger partial charge in [-0.15, -0.1) is 0 Å². The summed E-state index contributed by atoms with van der Waals surface area (Å²) in [5.41, 5.74) is 1.83. The molecule has 4 heteroatoms. The maximum atomic E-state index is 4.69. The van der Waals surface area contributed by atoms with Gasteiger partial charge in [0, 0.05) is 12.4 Å². The normalized spacial score (nSPS) is 8.71. The summed E-state index contributed by atoms with van der Waals surface area (Å²) in [6.07, 6.45) is 3.54. The Morgan fingerprint density at radius 3 is 1.50 bits per heavy atom. The predicted molar refractivity (Wildman–Crippen MR) is 53.3 cm³/mol. The molecule has 0 atom stereocenters. The fourth-order valence-corrected chi connectivity index (χ4v) is 1.03. The Kier molecular flexibility index (Phi) is 5.40. The molecule has 0 bridgehead atoms. The van der Waals surface area contributed by atoms with E-state index in [4.69, 9.17) is 9.53 Å². The first-order chi connectivity index (χ1) is 6.97. The molecule has 2 rings (SSSR count). The molecule has 0 radical (unpaired) electrons. The number of rotatable bonds is 1. The van der Waals surface area contributed by atoms with Gasteiger partial charge in [-0.3, -0.25) is 9.97 Å². The zero-order chi connectivity index (χ0) is 10.2. The molecule has 0 aromatic carbocycles. The van der Waals surface area contributed by atoms with Gasteiger partial charge >= 0.3 is 27.7 Å². The SMILES string of the molecule is [Cl][Re].c1ccc(-c2ccccn2)nc1. The molecule has 14 heavy (non-hydrogen) atoms. The Balaban J connectivity index is 0.000000461. The van der Waals surface area contributed by atoms with E-state index in [2.05, 4.69) is 9.97 Å². The van der Waals surface area contributed by atoms with Crippen molar-refractivity contribution in [1.29, 1.82) is 0 Å². The third-order valence-corrected chi connectivity index (χ3v) is 1.59. The van der Waals surface area contributed by atoms with Gasteiger partial charge in [0.05, 0.1) is 11.4 Å². The van der Waals surface area contributed by atoms with Crippen molar-refractivity contribution >= 4 is 9.53 Å². The molecule has 0 N–H and O–H groups in total. The minimum Gasteiger partial charge on any atom is -0.255 e. The topological polar surface area (TPSA) is 25.8 Å². The van der Waals surface area contributed by atoms with Crippen molar-refractivity contribution in [3.8, 4) is 11.4 Å². The molecule has 0 amide bonds. The van der Waals surface area contributed by atoms with E-state index in [9.17, 15) is 0 Å². The summed E-state index contributed by atoms with van der Waals surface area (Å²) >= 11 is 1.19. The van der Waals surface area contributed by atoms with Crippen molar-refractivity contribution < 1.29 is 18.2 Å². The average molecular weight is 378 g/mol. The fourth-order valence-electron chi connectivity index (χ4n) is 1.03. The van der Waals surface area contributed by atoms with Crippen LogP contribution < -0.4 is 0 Å². The Labute approximate surface area is 97.7 Å². The molecule has 2 aromatic heterocycles. The summed E-state index contributed by atoms with van der Waals surface area (Å²) in [4.78, 5) is 8.37. The van der Waals surface area contributed by atoms with E-state index in [0.29, 0.717) is 0 Å². The quantitative estimate of drug-likeness (QED) is 0.763. The van der Waals surface area contributed by atoms with Crippen LogP contribution in [0.25, 0.3) is 11.4 Å². The third kappa shape index (κ3) is 3.19. The van der Waals surface area contributed by atoms with Crippen LogP contribution >= 0.6 is 9.53 Å². The van der Waals surface area contributed by atoms with Crippen LogP contribution in [0.3, 0.4) is 0 Å². The molecule has 72 valence electrons. The molecule has 2 nitrogen and oxygen atoms in total. The van der Waals surface area contributed by atoms with Gasteiger partial charge < -0.3 is 0 Å². The van der Waals surface area contributed by atoms with Crippen LogP contribution in [0, 0.1) is 0 Å². The van der Waals surface area contributed by atoms with Gasteiger partial charge in [0.25, 0.3) is 0 Å². The second-order valence-electron chi connectivity index (χ2n) is 2.43. The molecule has 0 aliphatic carbocycles. The minimum atomic E-state index is 0.915. The molecular formula is C10H8ClN2Re. The van der Waals surface area contributed by atoms with Gasteiger partial charge in [0.2, 0.25) is 0 Å². The smallest absolute Gasteiger partial charge is 0.0886 e. The zero-order valence-electron chi connectivity index (χ0n) is 7.27. The van der Waals surface area contributed by atoms with E-state index in [1.54, 1.807) is 12.4 Å². The van der Waals surface area contributed by atoms with Crippen molar-refractivity contribution in [1.82, 2.24) is 9.97 Å². The van der Waals surface area contributed by atoms with Gasteiger partial charge in [-0.05, 0) is 24.3 Å². The van der Waals surface area contributed by atoms with E-state index in [1.807, 2.05) is 36.4 Å². The number of halogens is 1. The number of nitrogens with zero attached hydrogens (tertiary/aromatic N) is 2. The summed E-state index contributed by atoms with van der Waals surface area (Å²) in [6.45, 7) is 0. The zero-order valence-corrected chi connectivity index (χ0v) is 10.7. The molecule has 0 spiro atoms. The van der Waals surface area contributed by atoms with E-state index >= 15 is 0 Å². The van der Waals surface area contributed by atoms with Gasteiger partial charge in [-0.1, -0.05) is 12.1 Å². The van der Waals surface area contributed by atoms with Crippen LogP contribution in [-0.2, 0) is 18.2 Å². The summed E-state index contributed by atoms with van der Waals surface area (Å²) in [6, 6.07) is 11.6. The molecule has 0 fully saturated rings. The maximum absolute atomic E-state index is 4.69. The van der Waals surface area contributed by atoms with Gasteiger partial charge in [0.15, 0.2) is 0 Å². The summed E-state index contributed by atoms with van der Waals surface area (Å²) in [5, 5.41) is 0. The van der Waals surface area contributed by atoms with Crippen LogP contribution in [-0.4, -0.2) is 9.97 Å². The molecule has 0 saturated carbocycles. The van der Waals surface area contributed by atoms with E-state index in [0.717, 1.165) is 11.4 Å². The summed E-state index contributed by atoms with van der Waals surface area (Å²) in [5.74, 6) is 0. The molecule has 0 saturated heterocycles. The number of hydrogen-bond acceptors (Lipinski definition) is 2. The Morgan fingerprint density at radius 1 is 0.786 bits per heavy atom. The van der Waals surface area contributed by atoms with Crippen molar-refractivity contribution in [2.24, 2.45) is 0 Å².